The summed E-state index contributed by atoms with van der Waals surface area (Å²) in [6.45, 7) is 0. The Bertz CT molecular complexity index is 697. The summed E-state index contributed by atoms with van der Waals surface area (Å²) in [5.74, 6) is -1.35. The first-order chi connectivity index (χ1) is 8.94. The lowest BCUT2D eigenvalue weighted by atomic mass is 10.1. The number of sulfonamides is 1. The van der Waals surface area contributed by atoms with Crippen molar-refractivity contribution in [2.75, 3.05) is 7.05 Å². The fourth-order valence-corrected chi connectivity index (χ4v) is 2.39. The fraction of sp³-hybridized carbons (Fsp3) is 0.0769. The molecule has 0 spiro atoms. The molecule has 0 bridgehead atoms. The first-order valence-electron chi connectivity index (χ1n) is 5.43. The molecule has 0 heterocycles. The largest absolute Gasteiger partial charge is 0.240 e. The number of benzene rings is 2. The topological polar surface area (TPSA) is 46.2 Å². The Labute approximate surface area is 109 Å². The second-order valence-corrected chi connectivity index (χ2v) is 5.74. The lowest BCUT2D eigenvalue weighted by Crippen LogP contribution is -2.18. The third kappa shape index (κ3) is 2.80. The van der Waals surface area contributed by atoms with Crippen LogP contribution in [0.3, 0.4) is 0 Å². The zero-order valence-electron chi connectivity index (χ0n) is 10.0. The minimum absolute atomic E-state index is 0.0845. The van der Waals surface area contributed by atoms with E-state index < -0.39 is 21.7 Å². The summed E-state index contributed by atoms with van der Waals surface area (Å²) in [5.41, 5.74) is 0.697. The molecule has 0 aromatic heterocycles. The number of nitrogens with one attached hydrogen (secondary N) is 1. The highest BCUT2D eigenvalue weighted by Crippen LogP contribution is 2.24. The van der Waals surface area contributed by atoms with Crippen LogP contribution in [0.4, 0.5) is 8.78 Å². The van der Waals surface area contributed by atoms with Crippen LogP contribution >= 0.6 is 0 Å². The minimum Gasteiger partial charge on any atom is -0.214 e. The maximum absolute atomic E-state index is 13.6. The SMILES string of the molecule is CNS(=O)(=O)c1ccc(-c2ccc(F)cc2F)cc1. The van der Waals surface area contributed by atoms with Gasteiger partial charge in [-0.05, 0) is 36.9 Å². The summed E-state index contributed by atoms with van der Waals surface area (Å²) in [5, 5.41) is 0. The number of hydrogen-bond donors (Lipinski definition) is 1. The molecule has 0 saturated heterocycles. The summed E-state index contributed by atoms with van der Waals surface area (Å²) >= 11 is 0. The maximum Gasteiger partial charge on any atom is 0.240 e. The van der Waals surface area contributed by atoms with Crippen molar-refractivity contribution in [1.82, 2.24) is 4.72 Å². The van der Waals surface area contributed by atoms with E-state index in [0.29, 0.717) is 5.56 Å². The highest BCUT2D eigenvalue weighted by molar-refractivity contribution is 7.89. The van der Waals surface area contributed by atoms with Crippen molar-refractivity contribution in [2.24, 2.45) is 0 Å². The minimum atomic E-state index is -3.52. The fourth-order valence-electron chi connectivity index (χ4n) is 1.66. The summed E-state index contributed by atoms with van der Waals surface area (Å²) in [6.07, 6.45) is 0. The average Bonchev–Trinajstić information content (AvgIpc) is 2.39. The molecule has 2 rings (SSSR count). The predicted molar refractivity (Wildman–Crippen MR) is 68.0 cm³/mol. The average molecular weight is 283 g/mol. The first kappa shape index (κ1) is 13.6. The summed E-state index contributed by atoms with van der Waals surface area (Å²) in [7, 11) is -2.21. The summed E-state index contributed by atoms with van der Waals surface area (Å²) in [6, 6.07) is 8.92. The molecule has 2 aromatic carbocycles. The monoisotopic (exact) mass is 283 g/mol. The Balaban J connectivity index is 2.43. The predicted octanol–water partition coefficient (Wildman–Crippen LogP) is 2.54. The van der Waals surface area contributed by atoms with Gasteiger partial charge in [0, 0.05) is 11.6 Å². The van der Waals surface area contributed by atoms with Gasteiger partial charge in [0.15, 0.2) is 0 Å². The van der Waals surface area contributed by atoms with Crippen molar-refractivity contribution < 1.29 is 17.2 Å². The van der Waals surface area contributed by atoms with E-state index >= 15 is 0 Å². The van der Waals surface area contributed by atoms with Crippen molar-refractivity contribution in [3.8, 4) is 11.1 Å². The van der Waals surface area contributed by atoms with Gasteiger partial charge in [-0.2, -0.15) is 0 Å². The van der Waals surface area contributed by atoms with E-state index in [1.165, 1.54) is 37.4 Å². The van der Waals surface area contributed by atoms with Gasteiger partial charge >= 0.3 is 0 Å². The van der Waals surface area contributed by atoms with E-state index in [9.17, 15) is 17.2 Å². The molecular weight excluding hydrogens is 272 g/mol. The molecule has 0 saturated carbocycles. The Morgan fingerprint density at radius 3 is 2.16 bits per heavy atom. The second kappa shape index (κ2) is 5.07. The normalized spacial score (nSPS) is 11.5. The molecule has 0 aliphatic carbocycles. The first-order valence-corrected chi connectivity index (χ1v) is 6.91. The second-order valence-electron chi connectivity index (χ2n) is 3.86. The Kier molecular flexibility index (Phi) is 3.64. The Morgan fingerprint density at radius 1 is 1.00 bits per heavy atom. The molecule has 3 nitrogen and oxygen atoms in total. The van der Waals surface area contributed by atoms with Crippen molar-refractivity contribution in [1.29, 1.82) is 0 Å². The Hall–Kier alpha value is -1.79. The van der Waals surface area contributed by atoms with Crippen molar-refractivity contribution in [3.63, 3.8) is 0 Å². The van der Waals surface area contributed by atoms with Gasteiger partial charge in [-0.1, -0.05) is 12.1 Å². The zero-order chi connectivity index (χ0) is 14.0. The van der Waals surface area contributed by atoms with Crippen LogP contribution in [0.25, 0.3) is 11.1 Å². The maximum atomic E-state index is 13.6. The molecule has 0 fully saturated rings. The molecule has 100 valence electrons. The van der Waals surface area contributed by atoms with E-state index in [2.05, 4.69) is 4.72 Å². The van der Waals surface area contributed by atoms with Crippen molar-refractivity contribution >= 4 is 10.0 Å². The van der Waals surface area contributed by atoms with Gasteiger partial charge in [-0.3, -0.25) is 0 Å². The van der Waals surface area contributed by atoms with E-state index in [0.717, 1.165) is 12.1 Å². The molecule has 0 amide bonds. The van der Waals surface area contributed by atoms with Crippen LogP contribution in [-0.4, -0.2) is 15.5 Å². The lowest BCUT2D eigenvalue weighted by Gasteiger charge is -2.06. The third-order valence-electron chi connectivity index (χ3n) is 2.68. The molecule has 0 atom stereocenters. The quantitative estimate of drug-likeness (QED) is 0.941. The van der Waals surface area contributed by atoms with Crippen LogP contribution in [0.2, 0.25) is 0 Å². The highest BCUT2D eigenvalue weighted by atomic mass is 32.2. The third-order valence-corrected chi connectivity index (χ3v) is 4.11. The van der Waals surface area contributed by atoms with Crippen LogP contribution in [-0.2, 0) is 10.0 Å². The number of hydrogen-bond acceptors (Lipinski definition) is 2. The van der Waals surface area contributed by atoms with Gasteiger partial charge < -0.3 is 0 Å². The van der Waals surface area contributed by atoms with Gasteiger partial charge in [0.05, 0.1) is 4.90 Å². The molecule has 2 aromatic rings. The lowest BCUT2D eigenvalue weighted by molar-refractivity contribution is 0.585. The van der Waals surface area contributed by atoms with Crippen LogP contribution in [0.5, 0.6) is 0 Å². The molecule has 0 aliphatic rings. The van der Waals surface area contributed by atoms with E-state index in [1.54, 1.807) is 0 Å². The zero-order valence-corrected chi connectivity index (χ0v) is 10.8. The standard InChI is InChI=1S/C13H11F2NO2S/c1-16-19(17,18)11-5-2-9(3-6-11)12-7-4-10(14)8-13(12)15/h2-8,16H,1H3. The molecule has 6 heteroatoms. The number of rotatable bonds is 3. The van der Waals surface area contributed by atoms with Crippen molar-refractivity contribution in [3.05, 3.63) is 54.1 Å². The van der Waals surface area contributed by atoms with Gasteiger partial charge in [-0.15, -0.1) is 0 Å². The van der Waals surface area contributed by atoms with Crippen LogP contribution in [0, 0.1) is 11.6 Å². The van der Waals surface area contributed by atoms with E-state index in [4.69, 9.17) is 0 Å². The molecule has 19 heavy (non-hydrogen) atoms. The Morgan fingerprint density at radius 2 is 1.63 bits per heavy atom. The van der Waals surface area contributed by atoms with Crippen LogP contribution < -0.4 is 4.72 Å². The van der Waals surface area contributed by atoms with E-state index in [-0.39, 0.29) is 10.5 Å². The van der Waals surface area contributed by atoms with Gasteiger partial charge in [0.2, 0.25) is 10.0 Å². The number of halogens is 2. The molecular formula is C13H11F2NO2S. The highest BCUT2D eigenvalue weighted by Gasteiger charge is 2.12. The molecule has 1 N–H and O–H groups in total. The molecule has 0 aliphatic heterocycles. The molecule has 0 unspecified atom stereocenters. The summed E-state index contributed by atoms with van der Waals surface area (Å²) < 4.78 is 51.6. The van der Waals surface area contributed by atoms with Crippen molar-refractivity contribution in [2.45, 2.75) is 4.90 Å². The smallest absolute Gasteiger partial charge is 0.214 e. The van der Waals surface area contributed by atoms with Crippen LogP contribution in [0.15, 0.2) is 47.4 Å². The van der Waals surface area contributed by atoms with E-state index in [1.807, 2.05) is 0 Å². The van der Waals surface area contributed by atoms with Gasteiger partial charge in [0.25, 0.3) is 0 Å². The molecule has 0 radical (unpaired) electrons. The van der Waals surface area contributed by atoms with Gasteiger partial charge in [-0.25, -0.2) is 21.9 Å². The van der Waals surface area contributed by atoms with Crippen LogP contribution in [0.1, 0.15) is 0 Å². The summed E-state index contributed by atoms with van der Waals surface area (Å²) in [4.78, 5) is 0.0845. The van der Waals surface area contributed by atoms with Gasteiger partial charge in [0.1, 0.15) is 11.6 Å².